The zero-order valence-electron chi connectivity index (χ0n) is 18.5. The van der Waals surface area contributed by atoms with Crippen LogP contribution in [0.3, 0.4) is 0 Å². The van der Waals surface area contributed by atoms with E-state index < -0.39 is 0 Å². The first kappa shape index (κ1) is 21.7. The Kier molecular flexibility index (Phi) is 7.16. The second-order valence-electron chi connectivity index (χ2n) is 10.5. The molecule has 0 spiro atoms. The summed E-state index contributed by atoms with van der Waals surface area (Å²) in [4.78, 5) is 12.2. The summed E-state index contributed by atoms with van der Waals surface area (Å²) in [5, 5.41) is 3.78. The highest BCUT2D eigenvalue weighted by atomic mass is 16.1. The van der Waals surface area contributed by atoms with Gasteiger partial charge in [0.25, 0.3) is 0 Å². The quantitative estimate of drug-likeness (QED) is 0.574. The molecule has 0 aromatic rings. The van der Waals surface area contributed by atoms with Crippen LogP contribution in [0.15, 0.2) is 11.6 Å². The number of Topliss-reactive ketones (excluding diaryl/α,β-unsaturated/α-hetero) is 1. The molecule has 1 N–H and O–H groups in total. The van der Waals surface area contributed by atoms with Crippen LogP contribution in [0.25, 0.3) is 0 Å². The van der Waals surface area contributed by atoms with Crippen LogP contribution in [0, 0.1) is 28.6 Å². The van der Waals surface area contributed by atoms with Crippen LogP contribution in [0.4, 0.5) is 0 Å². The van der Waals surface area contributed by atoms with Crippen LogP contribution in [-0.2, 0) is 4.79 Å². The maximum absolute atomic E-state index is 12.2. The van der Waals surface area contributed by atoms with E-state index in [1.807, 2.05) is 0 Å². The highest BCUT2D eigenvalue weighted by Crippen LogP contribution is 2.47. The van der Waals surface area contributed by atoms with Crippen molar-refractivity contribution in [2.24, 2.45) is 28.6 Å². The average Bonchev–Trinajstić information content (AvgIpc) is 2.55. The molecular weight excluding hydrogens is 318 g/mol. The first-order valence-corrected chi connectivity index (χ1v) is 11.0. The third-order valence-electron chi connectivity index (χ3n) is 7.72. The lowest BCUT2D eigenvalue weighted by Gasteiger charge is -2.43. The fourth-order valence-electron chi connectivity index (χ4n) is 5.12. The number of hydrogen-bond acceptors (Lipinski definition) is 2. The molecular formula is C24H43NO. The average molecular weight is 362 g/mol. The fourth-order valence-corrected chi connectivity index (χ4v) is 5.12. The van der Waals surface area contributed by atoms with Crippen molar-refractivity contribution in [2.45, 2.75) is 99.5 Å². The number of nitrogens with one attached hydrogen (secondary N) is 1. The molecule has 26 heavy (non-hydrogen) atoms. The Morgan fingerprint density at radius 1 is 1.23 bits per heavy atom. The topological polar surface area (TPSA) is 29.1 Å². The molecule has 0 saturated heterocycles. The normalized spacial score (nSPS) is 36.5. The first-order chi connectivity index (χ1) is 12.1. The molecule has 0 aliphatic heterocycles. The smallest absolute Gasteiger partial charge is 0.135 e. The van der Waals surface area contributed by atoms with Crippen LogP contribution in [-0.4, -0.2) is 18.4 Å². The number of ketones is 1. The summed E-state index contributed by atoms with van der Waals surface area (Å²) in [6, 6.07) is 0.642. The molecule has 2 nitrogen and oxygen atoms in total. The molecule has 150 valence electrons. The molecule has 2 saturated carbocycles. The second kappa shape index (κ2) is 8.59. The van der Waals surface area contributed by atoms with Gasteiger partial charge in [-0.25, -0.2) is 0 Å². The lowest BCUT2D eigenvalue weighted by atomic mass is 9.60. The van der Waals surface area contributed by atoms with Gasteiger partial charge in [-0.1, -0.05) is 59.6 Å². The molecule has 2 aliphatic rings. The molecule has 2 rings (SSSR count). The van der Waals surface area contributed by atoms with E-state index in [0.717, 1.165) is 19.4 Å². The number of hydrogen-bond donors (Lipinski definition) is 1. The highest BCUT2D eigenvalue weighted by molar-refractivity contribution is 5.82. The zero-order valence-corrected chi connectivity index (χ0v) is 18.5. The van der Waals surface area contributed by atoms with Crippen LogP contribution in [0.2, 0.25) is 0 Å². The van der Waals surface area contributed by atoms with Gasteiger partial charge in [0.1, 0.15) is 5.78 Å². The van der Waals surface area contributed by atoms with Gasteiger partial charge >= 0.3 is 0 Å². The van der Waals surface area contributed by atoms with Crippen molar-refractivity contribution in [1.82, 2.24) is 5.32 Å². The monoisotopic (exact) mass is 361 g/mol. The molecule has 0 radical (unpaired) electrons. The standard InChI is InChI=1S/C24H43NO/c1-17(2)16-25-22-12-14-23(5,6)21(15-22)11-10-20-9-8-13-24(7,18(20)3)19(4)26/h11,17-18,20,22,25H,8-10,12-16H2,1-7H3/b21-11-. The number of carbonyl (C=O) groups excluding carboxylic acids is 1. The lowest BCUT2D eigenvalue weighted by molar-refractivity contribution is -0.131. The van der Waals surface area contributed by atoms with Crippen molar-refractivity contribution in [3.63, 3.8) is 0 Å². The molecule has 0 bridgehead atoms. The molecule has 2 fully saturated rings. The summed E-state index contributed by atoms with van der Waals surface area (Å²) in [5.74, 6) is 2.25. The largest absolute Gasteiger partial charge is 0.313 e. The molecule has 0 heterocycles. The van der Waals surface area contributed by atoms with Crippen LogP contribution >= 0.6 is 0 Å². The second-order valence-corrected chi connectivity index (χ2v) is 10.5. The molecule has 2 aliphatic carbocycles. The van der Waals surface area contributed by atoms with Gasteiger partial charge in [-0.3, -0.25) is 4.79 Å². The molecule has 4 atom stereocenters. The molecule has 2 heteroatoms. The Balaban J connectivity index is 2.05. The third kappa shape index (κ3) is 5.00. The summed E-state index contributed by atoms with van der Waals surface area (Å²) < 4.78 is 0. The van der Waals surface area contributed by atoms with Gasteiger partial charge < -0.3 is 5.32 Å². The Labute approximate surface area is 162 Å². The maximum atomic E-state index is 12.2. The van der Waals surface area contributed by atoms with Crippen molar-refractivity contribution in [3.05, 3.63) is 11.6 Å². The van der Waals surface area contributed by atoms with Crippen LogP contribution in [0.5, 0.6) is 0 Å². The van der Waals surface area contributed by atoms with Crippen LogP contribution in [0.1, 0.15) is 93.4 Å². The SMILES string of the molecule is CC(=O)C1(C)CCCC(C/C=C2/CC(NCC(C)C)CCC2(C)C)C1C. The van der Waals surface area contributed by atoms with Gasteiger partial charge in [-0.2, -0.15) is 0 Å². The van der Waals surface area contributed by atoms with E-state index in [1.54, 1.807) is 12.5 Å². The van der Waals surface area contributed by atoms with Gasteiger partial charge in [0, 0.05) is 11.5 Å². The minimum absolute atomic E-state index is 0.106. The summed E-state index contributed by atoms with van der Waals surface area (Å²) in [5.41, 5.74) is 1.87. The maximum Gasteiger partial charge on any atom is 0.135 e. The first-order valence-electron chi connectivity index (χ1n) is 11.0. The van der Waals surface area contributed by atoms with E-state index >= 15 is 0 Å². The Morgan fingerprint density at radius 3 is 2.54 bits per heavy atom. The van der Waals surface area contributed by atoms with Gasteiger partial charge in [-0.15, -0.1) is 0 Å². The zero-order chi connectivity index (χ0) is 19.5. The lowest BCUT2D eigenvalue weighted by Crippen LogP contribution is -2.40. The van der Waals surface area contributed by atoms with E-state index in [2.05, 4.69) is 52.9 Å². The number of allylic oxidation sites excluding steroid dienone is 1. The van der Waals surface area contributed by atoms with Crippen molar-refractivity contribution in [3.8, 4) is 0 Å². The highest BCUT2D eigenvalue weighted by Gasteiger charge is 2.42. The van der Waals surface area contributed by atoms with E-state index in [9.17, 15) is 4.79 Å². The van der Waals surface area contributed by atoms with E-state index in [0.29, 0.717) is 35.0 Å². The van der Waals surface area contributed by atoms with Crippen molar-refractivity contribution in [1.29, 1.82) is 0 Å². The Morgan fingerprint density at radius 2 is 1.92 bits per heavy atom. The predicted octanol–water partition coefficient (Wildman–Crippen LogP) is 6.16. The number of rotatable bonds is 6. The van der Waals surface area contributed by atoms with Gasteiger partial charge in [-0.05, 0) is 75.2 Å². The molecule has 4 unspecified atom stereocenters. The summed E-state index contributed by atoms with van der Waals surface area (Å²) in [7, 11) is 0. The van der Waals surface area contributed by atoms with Crippen LogP contribution < -0.4 is 5.32 Å². The minimum atomic E-state index is -0.106. The summed E-state index contributed by atoms with van der Waals surface area (Å²) in [6.07, 6.45) is 11.0. The van der Waals surface area contributed by atoms with E-state index in [1.165, 1.54) is 32.1 Å². The summed E-state index contributed by atoms with van der Waals surface area (Å²) >= 11 is 0. The Bertz CT molecular complexity index is 516. The molecule has 0 aromatic heterocycles. The molecule has 0 aromatic carbocycles. The molecule has 0 amide bonds. The van der Waals surface area contributed by atoms with E-state index in [4.69, 9.17) is 0 Å². The van der Waals surface area contributed by atoms with Gasteiger partial charge in [0.15, 0.2) is 0 Å². The van der Waals surface area contributed by atoms with Crippen molar-refractivity contribution < 1.29 is 4.79 Å². The van der Waals surface area contributed by atoms with Gasteiger partial charge in [0.2, 0.25) is 0 Å². The Hall–Kier alpha value is -0.630. The fraction of sp³-hybridized carbons (Fsp3) is 0.875. The van der Waals surface area contributed by atoms with Gasteiger partial charge in [0.05, 0.1) is 0 Å². The summed E-state index contributed by atoms with van der Waals surface area (Å²) in [6.45, 7) is 16.9. The third-order valence-corrected chi connectivity index (χ3v) is 7.72. The van der Waals surface area contributed by atoms with Crippen molar-refractivity contribution >= 4 is 5.78 Å². The predicted molar refractivity (Wildman–Crippen MR) is 112 cm³/mol. The van der Waals surface area contributed by atoms with Crippen molar-refractivity contribution in [2.75, 3.05) is 6.54 Å². The minimum Gasteiger partial charge on any atom is -0.313 e. The van der Waals surface area contributed by atoms with E-state index in [-0.39, 0.29) is 5.41 Å². The number of carbonyl (C=O) groups is 1.